The summed E-state index contributed by atoms with van der Waals surface area (Å²) in [5, 5.41) is 3.16. The number of carbonyl (C=O) groups is 1. The van der Waals surface area contributed by atoms with Crippen LogP contribution >= 0.6 is 11.8 Å². The Morgan fingerprint density at radius 1 is 1.48 bits per heavy atom. The molecule has 21 heavy (non-hydrogen) atoms. The summed E-state index contributed by atoms with van der Waals surface area (Å²) >= 11 is 1.32. The molecule has 0 radical (unpaired) electrons. The largest absolute Gasteiger partial charge is 0.431 e. The molecular formula is C15H20N2O3S. The third kappa shape index (κ3) is 4.75. The number of amides is 1. The highest BCUT2D eigenvalue weighted by molar-refractivity contribution is 8.00. The maximum absolute atomic E-state index is 12.0. The number of hydrogen-bond acceptors (Lipinski definition) is 5. The van der Waals surface area contributed by atoms with Crippen LogP contribution in [0, 0.1) is 0 Å². The minimum atomic E-state index is -0.245. The van der Waals surface area contributed by atoms with Crippen LogP contribution in [0.3, 0.4) is 0 Å². The van der Waals surface area contributed by atoms with Crippen molar-refractivity contribution in [3.05, 3.63) is 24.3 Å². The number of nitrogens with one attached hydrogen (secondary N) is 1. The average molecular weight is 308 g/mol. The summed E-state index contributed by atoms with van der Waals surface area (Å²) in [6.45, 7) is 5.80. The van der Waals surface area contributed by atoms with Crippen LogP contribution in [0.5, 0.6) is 0 Å². The third-order valence-corrected chi connectivity index (χ3v) is 3.83. The van der Waals surface area contributed by atoms with Crippen LogP contribution < -0.4 is 5.32 Å². The number of carbonyl (C=O) groups excluding carboxylic acids is 1. The van der Waals surface area contributed by atoms with Gasteiger partial charge in [0.1, 0.15) is 5.52 Å². The fourth-order valence-electron chi connectivity index (χ4n) is 1.78. The van der Waals surface area contributed by atoms with Gasteiger partial charge in [0.2, 0.25) is 5.91 Å². The van der Waals surface area contributed by atoms with E-state index in [9.17, 15) is 4.79 Å². The maximum Gasteiger partial charge on any atom is 0.257 e. The van der Waals surface area contributed by atoms with Gasteiger partial charge in [-0.3, -0.25) is 4.79 Å². The van der Waals surface area contributed by atoms with Gasteiger partial charge in [-0.05, 0) is 32.4 Å². The lowest BCUT2D eigenvalue weighted by molar-refractivity contribution is -0.120. The van der Waals surface area contributed by atoms with E-state index >= 15 is 0 Å². The second-order valence-electron chi connectivity index (χ2n) is 4.55. The monoisotopic (exact) mass is 308 g/mol. The normalized spacial score (nSPS) is 12.5. The zero-order chi connectivity index (χ0) is 15.1. The number of benzene rings is 1. The molecule has 114 valence electrons. The van der Waals surface area contributed by atoms with Gasteiger partial charge < -0.3 is 14.5 Å². The molecule has 1 aromatic heterocycles. The van der Waals surface area contributed by atoms with Crippen LogP contribution in [-0.4, -0.2) is 35.9 Å². The highest BCUT2D eigenvalue weighted by atomic mass is 32.2. The summed E-state index contributed by atoms with van der Waals surface area (Å²) in [6, 6.07) is 7.57. The fourth-order valence-corrected chi connectivity index (χ4v) is 2.56. The van der Waals surface area contributed by atoms with Gasteiger partial charge in [0, 0.05) is 19.8 Å². The Hall–Kier alpha value is -1.53. The molecule has 2 aromatic rings. The Morgan fingerprint density at radius 3 is 3.05 bits per heavy atom. The van der Waals surface area contributed by atoms with Crippen LogP contribution in [0.4, 0.5) is 0 Å². The zero-order valence-electron chi connectivity index (χ0n) is 12.3. The molecule has 0 saturated heterocycles. The van der Waals surface area contributed by atoms with Crippen molar-refractivity contribution in [1.29, 1.82) is 0 Å². The standard InChI is InChI=1S/C15H20N2O3S/c1-3-19-10-6-9-16-14(18)11(2)21-15-17-12-7-4-5-8-13(12)20-15/h4-5,7-8,11H,3,6,9-10H2,1-2H3,(H,16,18). The zero-order valence-corrected chi connectivity index (χ0v) is 13.1. The number of nitrogens with zero attached hydrogens (tertiary/aromatic N) is 1. The van der Waals surface area contributed by atoms with Gasteiger partial charge in [-0.1, -0.05) is 23.9 Å². The second kappa shape index (κ2) is 8.05. The molecular weight excluding hydrogens is 288 g/mol. The van der Waals surface area contributed by atoms with E-state index in [2.05, 4.69) is 10.3 Å². The molecule has 1 N–H and O–H groups in total. The Kier molecular flexibility index (Phi) is 6.07. The van der Waals surface area contributed by atoms with Crippen LogP contribution in [0.25, 0.3) is 11.1 Å². The summed E-state index contributed by atoms with van der Waals surface area (Å²) in [5.74, 6) is -0.0150. The molecule has 1 amide bonds. The fraction of sp³-hybridized carbons (Fsp3) is 0.467. The molecule has 0 aliphatic rings. The number of ether oxygens (including phenoxy) is 1. The predicted octanol–water partition coefficient (Wildman–Crippen LogP) is 2.85. The third-order valence-electron chi connectivity index (χ3n) is 2.89. The SMILES string of the molecule is CCOCCCNC(=O)C(C)Sc1nc2ccccc2o1. The number of para-hydroxylation sites is 2. The van der Waals surface area contributed by atoms with Crippen LogP contribution in [0.2, 0.25) is 0 Å². The lowest BCUT2D eigenvalue weighted by atomic mass is 10.3. The Balaban J connectivity index is 1.80. The number of rotatable bonds is 8. The molecule has 1 atom stereocenters. The van der Waals surface area contributed by atoms with Gasteiger partial charge in [0.05, 0.1) is 5.25 Å². The van der Waals surface area contributed by atoms with Gasteiger partial charge in [-0.2, -0.15) is 0 Å². The highest BCUT2D eigenvalue weighted by Crippen LogP contribution is 2.26. The molecule has 5 nitrogen and oxygen atoms in total. The summed E-state index contributed by atoms with van der Waals surface area (Å²) in [4.78, 5) is 16.3. The summed E-state index contributed by atoms with van der Waals surface area (Å²) in [5.41, 5.74) is 1.55. The molecule has 1 unspecified atom stereocenters. The minimum Gasteiger partial charge on any atom is -0.431 e. The van der Waals surface area contributed by atoms with Gasteiger partial charge in [-0.25, -0.2) is 4.98 Å². The van der Waals surface area contributed by atoms with Gasteiger partial charge in [0.15, 0.2) is 5.58 Å². The second-order valence-corrected chi connectivity index (χ2v) is 5.84. The van der Waals surface area contributed by atoms with Gasteiger partial charge in [0.25, 0.3) is 5.22 Å². The first kappa shape index (κ1) is 15.9. The number of hydrogen-bond donors (Lipinski definition) is 1. The van der Waals surface area contributed by atoms with E-state index in [0.717, 1.165) is 17.5 Å². The van der Waals surface area contributed by atoms with E-state index < -0.39 is 0 Å². The molecule has 0 aliphatic heterocycles. The van der Waals surface area contributed by atoms with E-state index in [0.29, 0.717) is 25.0 Å². The quantitative estimate of drug-likeness (QED) is 0.600. The van der Waals surface area contributed by atoms with Crippen molar-refractivity contribution in [2.75, 3.05) is 19.8 Å². The van der Waals surface area contributed by atoms with E-state index in [1.165, 1.54) is 11.8 Å². The molecule has 0 fully saturated rings. The van der Waals surface area contributed by atoms with Crippen LogP contribution in [0.1, 0.15) is 20.3 Å². The minimum absolute atomic E-state index is 0.0150. The van der Waals surface area contributed by atoms with Crippen molar-refractivity contribution in [3.8, 4) is 0 Å². The van der Waals surface area contributed by atoms with Crippen molar-refractivity contribution < 1.29 is 13.9 Å². The molecule has 6 heteroatoms. The first-order chi connectivity index (χ1) is 10.2. The van der Waals surface area contributed by atoms with Crippen molar-refractivity contribution in [3.63, 3.8) is 0 Å². The Labute approximate surface area is 128 Å². The van der Waals surface area contributed by atoms with Crippen LogP contribution in [0.15, 0.2) is 33.9 Å². The molecule has 2 rings (SSSR count). The topological polar surface area (TPSA) is 64.4 Å². The summed E-state index contributed by atoms with van der Waals surface area (Å²) < 4.78 is 10.8. The van der Waals surface area contributed by atoms with Gasteiger partial charge >= 0.3 is 0 Å². The molecule has 0 bridgehead atoms. The molecule has 1 aromatic carbocycles. The van der Waals surface area contributed by atoms with Crippen molar-refractivity contribution in [1.82, 2.24) is 10.3 Å². The van der Waals surface area contributed by atoms with E-state index in [1.54, 1.807) is 0 Å². The van der Waals surface area contributed by atoms with Crippen LogP contribution in [-0.2, 0) is 9.53 Å². The highest BCUT2D eigenvalue weighted by Gasteiger charge is 2.17. The summed E-state index contributed by atoms with van der Waals surface area (Å²) in [7, 11) is 0. The number of oxazole rings is 1. The van der Waals surface area contributed by atoms with E-state index in [1.807, 2.05) is 38.1 Å². The molecule has 1 heterocycles. The predicted molar refractivity (Wildman–Crippen MR) is 83.4 cm³/mol. The number of aromatic nitrogens is 1. The smallest absolute Gasteiger partial charge is 0.257 e. The Bertz CT molecular complexity index is 552. The van der Waals surface area contributed by atoms with Crippen molar-refractivity contribution in [2.24, 2.45) is 0 Å². The Morgan fingerprint density at radius 2 is 2.29 bits per heavy atom. The first-order valence-electron chi connectivity index (χ1n) is 7.08. The lowest BCUT2D eigenvalue weighted by Crippen LogP contribution is -2.32. The van der Waals surface area contributed by atoms with E-state index in [4.69, 9.17) is 9.15 Å². The van der Waals surface area contributed by atoms with Crippen molar-refractivity contribution >= 4 is 28.8 Å². The van der Waals surface area contributed by atoms with E-state index in [-0.39, 0.29) is 11.2 Å². The maximum atomic E-state index is 12.0. The number of fused-ring (bicyclic) bond motifs is 1. The first-order valence-corrected chi connectivity index (χ1v) is 7.96. The van der Waals surface area contributed by atoms with Gasteiger partial charge in [-0.15, -0.1) is 0 Å². The molecule has 0 spiro atoms. The molecule has 0 saturated carbocycles. The molecule has 0 aliphatic carbocycles. The van der Waals surface area contributed by atoms with Crippen molar-refractivity contribution in [2.45, 2.75) is 30.7 Å². The average Bonchev–Trinajstić information content (AvgIpc) is 2.88. The number of thioether (sulfide) groups is 1. The summed E-state index contributed by atoms with van der Waals surface area (Å²) in [6.07, 6.45) is 0.819. The lowest BCUT2D eigenvalue weighted by Gasteiger charge is -2.09.